The highest BCUT2D eigenvalue weighted by atomic mass is 32.1. The lowest BCUT2D eigenvalue weighted by atomic mass is 10.1. The Balaban J connectivity index is 1.82. The highest BCUT2D eigenvalue weighted by Gasteiger charge is 2.12. The first-order chi connectivity index (χ1) is 12.1. The number of hydrogen-bond donors (Lipinski definition) is 0. The zero-order valence-corrected chi connectivity index (χ0v) is 14.7. The molecule has 0 atom stereocenters. The fourth-order valence-electron chi connectivity index (χ4n) is 2.71. The maximum Gasteiger partial charge on any atom is 0.159 e. The molecular weight excluding hydrogens is 332 g/mol. The number of imidazole rings is 1. The van der Waals surface area contributed by atoms with Crippen LogP contribution in [0.1, 0.15) is 17.3 Å². The van der Waals surface area contributed by atoms with E-state index < -0.39 is 0 Å². The number of hydrogen-bond acceptors (Lipinski definition) is 5. The fourth-order valence-corrected chi connectivity index (χ4v) is 3.42. The second-order valence-electron chi connectivity index (χ2n) is 5.75. The van der Waals surface area contributed by atoms with E-state index in [0.717, 1.165) is 27.7 Å². The molecule has 0 aliphatic carbocycles. The standard InChI is InChI=1S/C19H16N4OS/c1-13(24)14-5-3-6-15(11-14)16-12-20-17-8-9-18(21-23(16)17)22(2)19-7-4-10-25-19/h3-12H,1-2H3. The molecular formula is C19H16N4OS. The predicted octanol–water partition coefficient (Wildman–Crippen LogP) is 4.43. The van der Waals surface area contributed by atoms with Gasteiger partial charge in [-0.2, -0.15) is 0 Å². The van der Waals surface area contributed by atoms with Crippen LogP contribution in [0.5, 0.6) is 0 Å². The number of carbonyl (C=O) groups is 1. The maximum absolute atomic E-state index is 11.7. The zero-order chi connectivity index (χ0) is 17.4. The van der Waals surface area contributed by atoms with Crippen LogP contribution in [0.15, 0.2) is 60.1 Å². The molecule has 0 N–H and O–H groups in total. The van der Waals surface area contributed by atoms with Gasteiger partial charge in [-0.1, -0.05) is 18.2 Å². The van der Waals surface area contributed by atoms with E-state index in [1.54, 1.807) is 24.5 Å². The average Bonchev–Trinajstić information content (AvgIpc) is 3.30. The predicted molar refractivity (Wildman–Crippen MR) is 101 cm³/mol. The van der Waals surface area contributed by atoms with E-state index >= 15 is 0 Å². The first-order valence-corrected chi connectivity index (χ1v) is 8.75. The van der Waals surface area contributed by atoms with Gasteiger partial charge in [0, 0.05) is 18.2 Å². The van der Waals surface area contributed by atoms with Gasteiger partial charge < -0.3 is 4.90 Å². The summed E-state index contributed by atoms with van der Waals surface area (Å²) in [6, 6.07) is 15.5. The van der Waals surface area contributed by atoms with E-state index in [9.17, 15) is 4.79 Å². The van der Waals surface area contributed by atoms with Crippen LogP contribution in [0.2, 0.25) is 0 Å². The summed E-state index contributed by atoms with van der Waals surface area (Å²) in [6.07, 6.45) is 1.79. The van der Waals surface area contributed by atoms with E-state index in [0.29, 0.717) is 5.56 Å². The molecule has 3 aromatic heterocycles. The highest BCUT2D eigenvalue weighted by Crippen LogP contribution is 2.28. The maximum atomic E-state index is 11.7. The van der Waals surface area contributed by atoms with Gasteiger partial charge in [-0.3, -0.25) is 4.79 Å². The van der Waals surface area contributed by atoms with Gasteiger partial charge in [0.1, 0.15) is 0 Å². The smallest absolute Gasteiger partial charge is 0.159 e. The first kappa shape index (κ1) is 15.5. The largest absolute Gasteiger partial charge is 0.320 e. The summed E-state index contributed by atoms with van der Waals surface area (Å²) in [4.78, 5) is 18.1. The van der Waals surface area contributed by atoms with Crippen molar-refractivity contribution in [3.8, 4) is 11.3 Å². The van der Waals surface area contributed by atoms with E-state index in [1.165, 1.54) is 0 Å². The summed E-state index contributed by atoms with van der Waals surface area (Å²) in [5.74, 6) is 0.874. The molecule has 0 unspecified atom stereocenters. The number of ketones is 1. The molecule has 124 valence electrons. The molecule has 1 aromatic carbocycles. The Kier molecular flexibility index (Phi) is 3.82. The number of thiophene rings is 1. The van der Waals surface area contributed by atoms with E-state index in [4.69, 9.17) is 5.10 Å². The van der Waals surface area contributed by atoms with Crippen molar-refractivity contribution in [3.63, 3.8) is 0 Å². The van der Waals surface area contributed by atoms with Crippen LogP contribution < -0.4 is 4.90 Å². The summed E-state index contributed by atoms with van der Waals surface area (Å²) in [6.45, 7) is 1.57. The van der Waals surface area contributed by atoms with Gasteiger partial charge in [-0.15, -0.1) is 16.4 Å². The molecule has 4 aromatic rings. The minimum absolute atomic E-state index is 0.0433. The molecule has 3 heterocycles. The van der Waals surface area contributed by atoms with Gasteiger partial charge in [0.15, 0.2) is 17.2 Å². The molecule has 0 aliphatic heterocycles. The van der Waals surface area contributed by atoms with Crippen LogP contribution in [-0.4, -0.2) is 27.4 Å². The zero-order valence-electron chi connectivity index (χ0n) is 13.9. The van der Waals surface area contributed by atoms with E-state index in [2.05, 4.69) is 11.1 Å². The molecule has 5 nitrogen and oxygen atoms in total. The Hall–Kier alpha value is -2.99. The van der Waals surface area contributed by atoms with Crippen molar-refractivity contribution in [2.75, 3.05) is 11.9 Å². The molecule has 0 bridgehead atoms. The second-order valence-corrected chi connectivity index (χ2v) is 6.68. The van der Waals surface area contributed by atoms with Gasteiger partial charge in [0.05, 0.1) is 16.9 Å². The summed E-state index contributed by atoms with van der Waals surface area (Å²) < 4.78 is 1.82. The Morgan fingerprint density at radius 2 is 2.04 bits per heavy atom. The van der Waals surface area contributed by atoms with Crippen molar-refractivity contribution >= 4 is 33.6 Å². The Bertz CT molecular complexity index is 1050. The molecule has 0 saturated heterocycles. The van der Waals surface area contributed by atoms with E-state index in [1.807, 2.05) is 64.3 Å². The topological polar surface area (TPSA) is 50.5 Å². The summed E-state index contributed by atoms with van der Waals surface area (Å²) in [5.41, 5.74) is 3.23. The minimum Gasteiger partial charge on any atom is -0.320 e. The third kappa shape index (κ3) is 2.81. The lowest BCUT2D eigenvalue weighted by molar-refractivity contribution is 0.101. The molecule has 4 rings (SSSR count). The molecule has 25 heavy (non-hydrogen) atoms. The molecule has 6 heteroatoms. The number of fused-ring (bicyclic) bond motifs is 1. The molecule has 0 radical (unpaired) electrons. The Labute approximate surface area is 149 Å². The number of rotatable bonds is 4. The molecule has 0 spiro atoms. The van der Waals surface area contributed by atoms with Crippen LogP contribution >= 0.6 is 11.3 Å². The summed E-state index contributed by atoms with van der Waals surface area (Å²) in [5, 5.41) is 7.90. The molecule has 0 aliphatic rings. The van der Waals surface area contributed by atoms with Crippen LogP contribution in [0.4, 0.5) is 10.8 Å². The Morgan fingerprint density at radius 1 is 1.16 bits per heavy atom. The molecule has 0 saturated carbocycles. The van der Waals surface area contributed by atoms with Gasteiger partial charge in [0.25, 0.3) is 0 Å². The summed E-state index contributed by atoms with van der Waals surface area (Å²) >= 11 is 1.66. The van der Waals surface area contributed by atoms with Crippen molar-refractivity contribution < 1.29 is 4.79 Å². The van der Waals surface area contributed by atoms with Crippen molar-refractivity contribution in [2.45, 2.75) is 6.92 Å². The average molecular weight is 348 g/mol. The van der Waals surface area contributed by atoms with Crippen LogP contribution in [0, 0.1) is 0 Å². The van der Waals surface area contributed by atoms with Crippen molar-refractivity contribution in [2.24, 2.45) is 0 Å². The number of Topliss-reactive ketones (excluding diaryl/α,β-unsaturated/α-hetero) is 1. The quantitative estimate of drug-likeness (QED) is 0.512. The van der Waals surface area contributed by atoms with Crippen molar-refractivity contribution in [1.82, 2.24) is 14.6 Å². The first-order valence-electron chi connectivity index (χ1n) is 7.87. The van der Waals surface area contributed by atoms with Gasteiger partial charge in [-0.05, 0) is 42.6 Å². The molecule has 0 fully saturated rings. The monoisotopic (exact) mass is 348 g/mol. The third-order valence-corrected chi connectivity index (χ3v) is 5.04. The van der Waals surface area contributed by atoms with Gasteiger partial charge in [-0.25, -0.2) is 9.50 Å². The molecule has 0 amide bonds. The fraction of sp³-hybridized carbons (Fsp3) is 0.105. The number of benzene rings is 1. The normalized spacial score (nSPS) is 11.0. The second kappa shape index (κ2) is 6.14. The number of aromatic nitrogens is 3. The Morgan fingerprint density at radius 3 is 2.80 bits per heavy atom. The lowest BCUT2D eigenvalue weighted by Crippen LogP contribution is -2.11. The lowest BCUT2D eigenvalue weighted by Gasteiger charge is -2.16. The van der Waals surface area contributed by atoms with Crippen LogP contribution in [-0.2, 0) is 0 Å². The van der Waals surface area contributed by atoms with Crippen molar-refractivity contribution in [1.29, 1.82) is 0 Å². The van der Waals surface area contributed by atoms with Crippen molar-refractivity contribution in [3.05, 3.63) is 65.7 Å². The minimum atomic E-state index is 0.0433. The van der Waals surface area contributed by atoms with Crippen LogP contribution in [0.3, 0.4) is 0 Å². The van der Waals surface area contributed by atoms with E-state index in [-0.39, 0.29) is 5.78 Å². The number of nitrogens with zero attached hydrogens (tertiary/aromatic N) is 4. The third-order valence-electron chi connectivity index (χ3n) is 4.09. The highest BCUT2D eigenvalue weighted by molar-refractivity contribution is 7.14. The SMILES string of the molecule is CC(=O)c1cccc(-c2cnc3ccc(N(C)c4cccs4)nn23)c1. The summed E-state index contributed by atoms with van der Waals surface area (Å²) in [7, 11) is 1.99. The van der Waals surface area contributed by atoms with Crippen LogP contribution in [0.25, 0.3) is 16.9 Å². The number of anilines is 2. The van der Waals surface area contributed by atoms with Gasteiger partial charge >= 0.3 is 0 Å². The number of carbonyl (C=O) groups excluding carboxylic acids is 1. The van der Waals surface area contributed by atoms with Gasteiger partial charge in [0.2, 0.25) is 0 Å².